The van der Waals surface area contributed by atoms with Gasteiger partial charge in [-0.15, -0.1) is 0 Å². The lowest BCUT2D eigenvalue weighted by Gasteiger charge is -2.19. The molecular formula is C28H27BrF3N3. The molecule has 1 N–H and O–H groups in total. The molecule has 0 aliphatic carbocycles. The lowest BCUT2D eigenvalue weighted by Crippen LogP contribution is -2.16. The average Bonchev–Trinajstić information content (AvgIpc) is 3.27. The lowest BCUT2D eigenvalue weighted by atomic mass is 10.1. The van der Waals surface area contributed by atoms with Crippen molar-refractivity contribution in [1.82, 2.24) is 9.47 Å². The summed E-state index contributed by atoms with van der Waals surface area (Å²) in [6, 6.07) is 24.9. The van der Waals surface area contributed by atoms with Crippen LogP contribution in [0.1, 0.15) is 12.0 Å². The maximum atomic E-state index is 14.0. The maximum Gasteiger partial charge on any atom is 0.418 e. The molecule has 0 unspecified atom stereocenters. The second kappa shape index (κ2) is 10.7. The number of anilines is 1. The second-order valence-electron chi connectivity index (χ2n) is 8.63. The molecule has 0 aliphatic rings. The molecule has 0 spiro atoms. The van der Waals surface area contributed by atoms with E-state index in [1.165, 1.54) is 12.1 Å². The van der Waals surface area contributed by atoms with Crippen molar-refractivity contribution < 1.29 is 13.2 Å². The van der Waals surface area contributed by atoms with Gasteiger partial charge < -0.3 is 14.8 Å². The summed E-state index contributed by atoms with van der Waals surface area (Å²) < 4.78 is 44.7. The zero-order valence-electron chi connectivity index (χ0n) is 19.6. The SMILES string of the molecule is CN(C)CCCNc1cccc(-c2ccc(-c3ccc(Br)cc3)n2-c2ccccc2C(F)(F)F)c1. The molecule has 4 rings (SSSR count). The molecule has 0 saturated carbocycles. The van der Waals surface area contributed by atoms with E-state index in [9.17, 15) is 13.2 Å². The number of rotatable bonds is 8. The quantitative estimate of drug-likeness (QED) is 0.228. The summed E-state index contributed by atoms with van der Waals surface area (Å²) in [6.07, 6.45) is -3.49. The molecule has 35 heavy (non-hydrogen) atoms. The van der Waals surface area contributed by atoms with Crippen LogP contribution in [0, 0.1) is 0 Å². The third-order valence-corrected chi connectivity index (χ3v) is 6.27. The third-order valence-electron chi connectivity index (χ3n) is 5.74. The smallest absolute Gasteiger partial charge is 0.385 e. The highest BCUT2D eigenvalue weighted by atomic mass is 79.9. The van der Waals surface area contributed by atoms with E-state index in [0.29, 0.717) is 11.4 Å². The van der Waals surface area contributed by atoms with Gasteiger partial charge >= 0.3 is 6.18 Å². The van der Waals surface area contributed by atoms with E-state index in [1.54, 1.807) is 10.6 Å². The molecule has 0 bridgehead atoms. The summed E-state index contributed by atoms with van der Waals surface area (Å²) in [5.74, 6) is 0. The number of para-hydroxylation sites is 1. The predicted molar refractivity (Wildman–Crippen MR) is 141 cm³/mol. The Hall–Kier alpha value is -3.03. The Morgan fingerprint density at radius 1 is 0.829 bits per heavy atom. The monoisotopic (exact) mass is 541 g/mol. The van der Waals surface area contributed by atoms with Crippen LogP contribution in [0.5, 0.6) is 0 Å². The first-order valence-corrected chi connectivity index (χ1v) is 12.2. The van der Waals surface area contributed by atoms with E-state index < -0.39 is 11.7 Å². The molecule has 0 amide bonds. The number of nitrogens with one attached hydrogen (secondary N) is 1. The number of alkyl halides is 3. The van der Waals surface area contributed by atoms with Crippen LogP contribution >= 0.6 is 15.9 Å². The first-order chi connectivity index (χ1) is 16.7. The van der Waals surface area contributed by atoms with Gasteiger partial charge in [0.25, 0.3) is 0 Å². The Labute approximate surface area is 212 Å². The summed E-state index contributed by atoms with van der Waals surface area (Å²) in [6.45, 7) is 1.78. The van der Waals surface area contributed by atoms with Crippen LogP contribution in [0.4, 0.5) is 18.9 Å². The minimum atomic E-state index is -4.48. The number of nitrogens with zero attached hydrogens (tertiary/aromatic N) is 2. The van der Waals surface area contributed by atoms with E-state index >= 15 is 0 Å². The zero-order valence-corrected chi connectivity index (χ0v) is 21.2. The second-order valence-corrected chi connectivity index (χ2v) is 9.54. The van der Waals surface area contributed by atoms with Crippen molar-refractivity contribution >= 4 is 21.6 Å². The highest BCUT2D eigenvalue weighted by Crippen LogP contribution is 2.39. The average molecular weight is 542 g/mol. The Morgan fingerprint density at radius 2 is 1.51 bits per heavy atom. The summed E-state index contributed by atoms with van der Waals surface area (Å²) in [4.78, 5) is 2.13. The molecule has 0 atom stereocenters. The van der Waals surface area contributed by atoms with Crippen molar-refractivity contribution in [3.63, 3.8) is 0 Å². The molecule has 0 aliphatic heterocycles. The predicted octanol–water partition coefficient (Wildman–Crippen LogP) is 7.96. The van der Waals surface area contributed by atoms with Gasteiger partial charge in [0.05, 0.1) is 22.6 Å². The summed E-state index contributed by atoms with van der Waals surface area (Å²) in [5.41, 5.74) is 3.40. The van der Waals surface area contributed by atoms with Crippen molar-refractivity contribution in [2.75, 3.05) is 32.5 Å². The highest BCUT2D eigenvalue weighted by Gasteiger charge is 2.34. The number of hydrogen-bond acceptors (Lipinski definition) is 2. The summed E-state index contributed by atoms with van der Waals surface area (Å²) >= 11 is 3.44. The first kappa shape index (κ1) is 25.1. The standard InChI is InChI=1S/C28H27BrF3N3/c1-34(2)18-6-17-33-23-8-5-7-21(19-23)26-16-15-25(20-11-13-22(29)14-12-20)35(26)27-10-4-3-9-24(27)28(30,31)32/h3-5,7-16,19,33H,6,17-18H2,1-2H3. The van der Waals surface area contributed by atoms with E-state index in [2.05, 4.69) is 26.1 Å². The van der Waals surface area contributed by atoms with E-state index in [4.69, 9.17) is 0 Å². The van der Waals surface area contributed by atoms with Crippen LogP contribution < -0.4 is 5.32 Å². The molecule has 1 heterocycles. The number of aromatic nitrogens is 1. The van der Waals surface area contributed by atoms with E-state index in [-0.39, 0.29) is 5.69 Å². The van der Waals surface area contributed by atoms with Crippen LogP contribution in [0.3, 0.4) is 0 Å². The van der Waals surface area contributed by atoms with Gasteiger partial charge in [0.1, 0.15) is 0 Å². The zero-order chi connectivity index (χ0) is 25.0. The molecule has 182 valence electrons. The highest BCUT2D eigenvalue weighted by molar-refractivity contribution is 9.10. The normalized spacial score (nSPS) is 11.7. The van der Waals surface area contributed by atoms with Crippen molar-refractivity contribution in [2.45, 2.75) is 12.6 Å². The Balaban J connectivity index is 1.81. The lowest BCUT2D eigenvalue weighted by molar-refractivity contribution is -0.137. The molecule has 1 aromatic heterocycles. The molecule has 0 saturated heterocycles. The first-order valence-electron chi connectivity index (χ1n) is 11.4. The van der Waals surface area contributed by atoms with E-state index in [1.807, 2.05) is 74.8 Å². The van der Waals surface area contributed by atoms with Crippen LogP contribution in [-0.2, 0) is 6.18 Å². The topological polar surface area (TPSA) is 20.2 Å². The van der Waals surface area contributed by atoms with Crippen LogP contribution in [0.15, 0.2) is 89.4 Å². The largest absolute Gasteiger partial charge is 0.418 e. The minimum Gasteiger partial charge on any atom is -0.385 e. The summed E-state index contributed by atoms with van der Waals surface area (Å²) in [5, 5.41) is 3.43. The van der Waals surface area contributed by atoms with Crippen LogP contribution in [0.25, 0.3) is 28.2 Å². The fraction of sp³-hybridized carbons (Fsp3) is 0.214. The molecular weight excluding hydrogens is 515 g/mol. The van der Waals surface area contributed by atoms with Gasteiger partial charge in [0.2, 0.25) is 0 Å². The van der Waals surface area contributed by atoms with E-state index in [0.717, 1.165) is 46.9 Å². The van der Waals surface area contributed by atoms with Gasteiger partial charge in [-0.05, 0) is 81.2 Å². The maximum absolute atomic E-state index is 14.0. The fourth-order valence-corrected chi connectivity index (χ4v) is 4.36. The van der Waals surface area contributed by atoms with Gasteiger partial charge in [-0.25, -0.2) is 0 Å². The van der Waals surface area contributed by atoms with Crippen molar-refractivity contribution in [3.05, 3.63) is 95.0 Å². The van der Waals surface area contributed by atoms with Gasteiger partial charge in [-0.3, -0.25) is 0 Å². The Morgan fingerprint density at radius 3 is 2.20 bits per heavy atom. The van der Waals surface area contributed by atoms with Gasteiger partial charge in [0, 0.05) is 22.3 Å². The molecule has 0 fully saturated rings. The Bertz CT molecular complexity index is 1280. The molecule has 3 nitrogen and oxygen atoms in total. The number of halogens is 4. The van der Waals surface area contributed by atoms with Gasteiger partial charge in [-0.2, -0.15) is 13.2 Å². The molecule has 3 aromatic carbocycles. The van der Waals surface area contributed by atoms with Gasteiger partial charge in [-0.1, -0.05) is 52.3 Å². The Kier molecular flexibility index (Phi) is 7.67. The summed E-state index contributed by atoms with van der Waals surface area (Å²) in [7, 11) is 4.08. The van der Waals surface area contributed by atoms with Crippen LogP contribution in [0.2, 0.25) is 0 Å². The number of benzene rings is 3. The fourth-order valence-electron chi connectivity index (χ4n) is 4.09. The number of hydrogen-bond donors (Lipinski definition) is 1. The van der Waals surface area contributed by atoms with Crippen molar-refractivity contribution in [2.24, 2.45) is 0 Å². The minimum absolute atomic E-state index is 0.0993. The van der Waals surface area contributed by atoms with Crippen molar-refractivity contribution in [3.8, 4) is 28.2 Å². The molecule has 7 heteroatoms. The third kappa shape index (κ3) is 5.97. The van der Waals surface area contributed by atoms with Gasteiger partial charge in [0.15, 0.2) is 0 Å². The molecule has 4 aromatic rings. The van der Waals surface area contributed by atoms with Crippen molar-refractivity contribution in [1.29, 1.82) is 0 Å². The molecule has 0 radical (unpaired) electrons. The van der Waals surface area contributed by atoms with Crippen LogP contribution in [-0.4, -0.2) is 36.7 Å².